The van der Waals surface area contributed by atoms with Gasteiger partial charge in [-0.05, 0) is 45.4 Å². The fourth-order valence-electron chi connectivity index (χ4n) is 2.65. The van der Waals surface area contributed by atoms with Crippen LogP contribution in [0.5, 0.6) is 5.75 Å². The van der Waals surface area contributed by atoms with Crippen LogP contribution in [0.2, 0.25) is 0 Å². The SMILES string of the molecule is CCOc1ccccc1CNCc1ccccc1S(=O)(=O)NC(C)(C)C. The normalized spacial score (nSPS) is 12.2. The zero-order chi connectivity index (χ0) is 19.2. The minimum absolute atomic E-state index is 0.306. The minimum Gasteiger partial charge on any atom is -0.494 e. The number of hydrogen-bond acceptors (Lipinski definition) is 4. The minimum atomic E-state index is -3.58. The molecule has 6 heteroatoms. The molecule has 2 N–H and O–H groups in total. The third-order valence-electron chi connectivity index (χ3n) is 3.61. The molecule has 0 aliphatic carbocycles. The van der Waals surface area contributed by atoms with Crippen LogP contribution in [0, 0.1) is 0 Å². The van der Waals surface area contributed by atoms with E-state index in [1.54, 1.807) is 12.1 Å². The Balaban J connectivity index is 2.12. The summed E-state index contributed by atoms with van der Waals surface area (Å²) in [6.45, 7) is 9.09. The summed E-state index contributed by atoms with van der Waals surface area (Å²) in [7, 11) is -3.58. The molecule has 0 bridgehead atoms. The van der Waals surface area contributed by atoms with Gasteiger partial charge >= 0.3 is 0 Å². The lowest BCUT2D eigenvalue weighted by molar-refractivity contribution is 0.335. The standard InChI is InChI=1S/C20H28N2O3S/c1-5-25-18-12-8-6-10-16(18)14-21-15-17-11-7-9-13-19(17)26(23,24)22-20(2,3)4/h6-13,21-22H,5,14-15H2,1-4H3. The van der Waals surface area contributed by atoms with E-state index in [-0.39, 0.29) is 0 Å². The van der Waals surface area contributed by atoms with E-state index in [2.05, 4.69) is 10.0 Å². The number of sulfonamides is 1. The molecular formula is C20H28N2O3S. The first-order valence-electron chi connectivity index (χ1n) is 8.76. The Hall–Kier alpha value is -1.89. The Bertz CT molecular complexity index is 827. The van der Waals surface area contributed by atoms with E-state index in [4.69, 9.17) is 4.74 Å². The van der Waals surface area contributed by atoms with E-state index in [1.165, 1.54) is 0 Å². The van der Waals surface area contributed by atoms with Crippen LogP contribution < -0.4 is 14.8 Å². The predicted molar refractivity (Wildman–Crippen MR) is 105 cm³/mol. The largest absolute Gasteiger partial charge is 0.494 e. The van der Waals surface area contributed by atoms with Crippen molar-refractivity contribution < 1.29 is 13.2 Å². The quantitative estimate of drug-likeness (QED) is 0.740. The van der Waals surface area contributed by atoms with Crippen LogP contribution in [0.4, 0.5) is 0 Å². The van der Waals surface area contributed by atoms with E-state index in [0.717, 1.165) is 16.9 Å². The second kappa shape index (κ2) is 8.66. The summed E-state index contributed by atoms with van der Waals surface area (Å²) >= 11 is 0. The van der Waals surface area contributed by atoms with E-state index in [9.17, 15) is 8.42 Å². The monoisotopic (exact) mass is 376 g/mol. The molecule has 2 rings (SSSR count). The molecule has 142 valence electrons. The van der Waals surface area contributed by atoms with E-state index < -0.39 is 15.6 Å². The molecule has 0 saturated carbocycles. The van der Waals surface area contributed by atoms with Gasteiger partial charge in [0, 0.05) is 24.2 Å². The van der Waals surface area contributed by atoms with Crippen molar-refractivity contribution >= 4 is 10.0 Å². The van der Waals surface area contributed by atoms with Gasteiger partial charge in [0.1, 0.15) is 5.75 Å². The van der Waals surface area contributed by atoms with Crippen LogP contribution in [0.25, 0.3) is 0 Å². The highest BCUT2D eigenvalue weighted by molar-refractivity contribution is 7.89. The lowest BCUT2D eigenvalue weighted by Crippen LogP contribution is -2.40. The lowest BCUT2D eigenvalue weighted by atomic mass is 10.1. The average Bonchev–Trinajstić information content (AvgIpc) is 2.55. The smallest absolute Gasteiger partial charge is 0.241 e. The Morgan fingerprint density at radius 1 is 0.923 bits per heavy atom. The highest BCUT2D eigenvalue weighted by Gasteiger charge is 2.24. The molecule has 0 heterocycles. The molecule has 0 atom stereocenters. The molecule has 0 radical (unpaired) electrons. The van der Waals surface area contributed by atoms with Crippen LogP contribution in [0.1, 0.15) is 38.8 Å². The van der Waals surface area contributed by atoms with Crippen LogP contribution >= 0.6 is 0 Å². The summed E-state index contributed by atoms with van der Waals surface area (Å²) < 4.78 is 33.7. The first kappa shape index (κ1) is 20.4. The number of rotatable bonds is 8. The third-order valence-corrected chi connectivity index (χ3v) is 5.46. The number of hydrogen-bond donors (Lipinski definition) is 2. The molecule has 0 aliphatic rings. The van der Waals surface area contributed by atoms with Crippen molar-refractivity contribution in [3.05, 3.63) is 59.7 Å². The van der Waals surface area contributed by atoms with Crippen LogP contribution in [0.15, 0.2) is 53.4 Å². The number of para-hydroxylation sites is 1. The van der Waals surface area contributed by atoms with Gasteiger partial charge in [0.25, 0.3) is 0 Å². The average molecular weight is 377 g/mol. The van der Waals surface area contributed by atoms with Crippen molar-refractivity contribution in [2.75, 3.05) is 6.61 Å². The highest BCUT2D eigenvalue weighted by atomic mass is 32.2. The topological polar surface area (TPSA) is 67.4 Å². The molecule has 0 aromatic heterocycles. The second-order valence-corrected chi connectivity index (χ2v) is 8.76. The Morgan fingerprint density at radius 3 is 2.15 bits per heavy atom. The van der Waals surface area contributed by atoms with Crippen molar-refractivity contribution in [3.63, 3.8) is 0 Å². The zero-order valence-electron chi connectivity index (χ0n) is 15.9. The van der Waals surface area contributed by atoms with Crippen LogP contribution in [-0.4, -0.2) is 20.6 Å². The summed E-state index contributed by atoms with van der Waals surface area (Å²) in [6.07, 6.45) is 0. The molecule has 2 aromatic carbocycles. The van der Waals surface area contributed by atoms with Gasteiger partial charge in [-0.3, -0.25) is 0 Å². The van der Waals surface area contributed by atoms with E-state index in [0.29, 0.717) is 24.6 Å². The molecule has 2 aromatic rings. The summed E-state index contributed by atoms with van der Waals surface area (Å²) in [5.74, 6) is 0.845. The van der Waals surface area contributed by atoms with Gasteiger partial charge in [0.05, 0.1) is 11.5 Å². The molecular weight excluding hydrogens is 348 g/mol. The summed E-state index contributed by atoms with van der Waals surface area (Å²) in [4.78, 5) is 0.306. The summed E-state index contributed by atoms with van der Waals surface area (Å²) in [5, 5.41) is 3.32. The fourth-order valence-corrected chi connectivity index (χ4v) is 4.31. The fraction of sp³-hybridized carbons (Fsp3) is 0.400. The first-order chi connectivity index (χ1) is 12.2. The van der Waals surface area contributed by atoms with Crippen molar-refractivity contribution in [2.24, 2.45) is 0 Å². The maximum absolute atomic E-state index is 12.7. The van der Waals surface area contributed by atoms with Crippen LogP contribution in [-0.2, 0) is 23.1 Å². The Morgan fingerprint density at radius 2 is 1.50 bits per heavy atom. The van der Waals surface area contributed by atoms with Crippen LogP contribution in [0.3, 0.4) is 0 Å². The van der Waals surface area contributed by atoms with Gasteiger partial charge in [0.2, 0.25) is 10.0 Å². The zero-order valence-corrected chi connectivity index (χ0v) is 16.7. The van der Waals surface area contributed by atoms with Crippen molar-refractivity contribution in [1.29, 1.82) is 0 Å². The molecule has 26 heavy (non-hydrogen) atoms. The summed E-state index contributed by atoms with van der Waals surface area (Å²) in [5.41, 5.74) is 1.25. The van der Waals surface area contributed by atoms with Gasteiger partial charge in [-0.15, -0.1) is 0 Å². The van der Waals surface area contributed by atoms with Crippen molar-refractivity contribution in [1.82, 2.24) is 10.0 Å². The summed E-state index contributed by atoms with van der Waals surface area (Å²) in [6, 6.07) is 14.9. The molecule has 0 saturated heterocycles. The molecule has 5 nitrogen and oxygen atoms in total. The molecule has 0 fully saturated rings. The third kappa shape index (κ3) is 5.83. The second-order valence-electron chi connectivity index (χ2n) is 7.11. The predicted octanol–water partition coefficient (Wildman–Crippen LogP) is 3.45. The Kier molecular flexibility index (Phi) is 6.81. The first-order valence-corrected chi connectivity index (χ1v) is 10.2. The van der Waals surface area contributed by atoms with Gasteiger partial charge in [-0.2, -0.15) is 0 Å². The van der Waals surface area contributed by atoms with Crippen molar-refractivity contribution in [3.8, 4) is 5.75 Å². The maximum Gasteiger partial charge on any atom is 0.241 e. The Labute approximate surface area is 156 Å². The van der Waals surface area contributed by atoms with E-state index >= 15 is 0 Å². The molecule has 0 spiro atoms. The van der Waals surface area contributed by atoms with Gasteiger partial charge in [0.15, 0.2) is 0 Å². The number of nitrogens with one attached hydrogen (secondary N) is 2. The number of ether oxygens (including phenoxy) is 1. The van der Waals surface area contributed by atoms with Gasteiger partial charge < -0.3 is 10.1 Å². The van der Waals surface area contributed by atoms with Gasteiger partial charge in [-0.25, -0.2) is 13.1 Å². The maximum atomic E-state index is 12.7. The number of benzene rings is 2. The molecule has 0 amide bonds. The molecule has 0 unspecified atom stereocenters. The lowest BCUT2D eigenvalue weighted by Gasteiger charge is -2.21. The van der Waals surface area contributed by atoms with Crippen molar-refractivity contribution in [2.45, 2.75) is 51.2 Å². The van der Waals surface area contributed by atoms with Gasteiger partial charge in [-0.1, -0.05) is 36.4 Å². The van der Waals surface area contributed by atoms with E-state index in [1.807, 2.05) is 64.1 Å². The molecule has 0 aliphatic heterocycles. The highest BCUT2D eigenvalue weighted by Crippen LogP contribution is 2.20.